The Labute approximate surface area is 187 Å². The zero-order valence-electron chi connectivity index (χ0n) is 18.5. The van der Waals surface area contributed by atoms with E-state index >= 15 is 0 Å². The van der Waals surface area contributed by atoms with E-state index in [1.54, 1.807) is 32.3 Å². The van der Waals surface area contributed by atoms with Gasteiger partial charge in [-0.1, -0.05) is 0 Å². The van der Waals surface area contributed by atoms with Crippen molar-refractivity contribution in [1.82, 2.24) is 19.7 Å². The maximum Gasteiger partial charge on any atom is 0.168 e. The highest BCUT2D eigenvalue weighted by Gasteiger charge is 2.29. The van der Waals surface area contributed by atoms with Crippen molar-refractivity contribution < 1.29 is 14.6 Å². The van der Waals surface area contributed by atoms with Gasteiger partial charge in [0.15, 0.2) is 5.75 Å². The van der Waals surface area contributed by atoms with Crippen LogP contribution in [0.1, 0.15) is 62.9 Å². The third kappa shape index (κ3) is 4.76. The van der Waals surface area contributed by atoms with Crippen molar-refractivity contribution in [1.29, 1.82) is 0 Å². The van der Waals surface area contributed by atoms with E-state index in [-0.39, 0.29) is 0 Å². The highest BCUT2D eigenvalue weighted by atomic mass is 16.5. The molecule has 2 fully saturated rings. The first-order valence-corrected chi connectivity index (χ1v) is 11.2. The van der Waals surface area contributed by atoms with Gasteiger partial charge >= 0.3 is 0 Å². The SMILES string of the molecule is CC(C)(O)c1ccc(Nc2cc(Oc3cn(C4CC4)nc3C3CCOCC3)ccn2)cn1. The second-order valence-electron chi connectivity index (χ2n) is 9.07. The number of pyridine rings is 2. The Kier molecular flexibility index (Phi) is 5.57. The van der Waals surface area contributed by atoms with Crippen LogP contribution in [0.15, 0.2) is 42.9 Å². The first-order chi connectivity index (χ1) is 15.5. The molecule has 2 N–H and O–H groups in total. The second-order valence-corrected chi connectivity index (χ2v) is 9.07. The molecule has 0 aromatic carbocycles. The number of aliphatic hydroxyl groups is 1. The van der Waals surface area contributed by atoms with Crippen molar-refractivity contribution in [3.63, 3.8) is 0 Å². The summed E-state index contributed by atoms with van der Waals surface area (Å²) in [6.45, 7) is 4.96. The maximum atomic E-state index is 10.1. The summed E-state index contributed by atoms with van der Waals surface area (Å²) < 4.78 is 13.9. The zero-order chi connectivity index (χ0) is 22.1. The number of nitrogens with one attached hydrogen (secondary N) is 1. The van der Waals surface area contributed by atoms with Crippen molar-refractivity contribution in [3.05, 3.63) is 54.2 Å². The van der Waals surface area contributed by atoms with E-state index < -0.39 is 5.60 Å². The van der Waals surface area contributed by atoms with Gasteiger partial charge in [-0.2, -0.15) is 5.10 Å². The van der Waals surface area contributed by atoms with Gasteiger partial charge in [0, 0.05) is 31.4 Å². The van der Waals surface area contributed by atoms with Crippen LogP contribution in [-0.2, 0) is 10.3 Å². The molecule has 1 aliphatic carbocycles. The van der Waals surface area contributed by atoms with Gasteiger partial charge < -0.3 is 19.9 Å². The molecule has 3 aromatic rings. The van der Waals surface area contributed by atoms with Crippen molar-refractivity contribution in [2.24, 2.45) is 0 Å². The van der Waals surface area contributed by atoms with Gasteiger partial charge in [-0.05, 0) is 57.7 Å². The Balaban J connectivity index is 1.34. The standard InChI is InChI=1S/C24H29N5O3/c1-24(2,30)21-6-3-17(14-26-21)27-22-13-19(7-10-25-22)32-20-15-29(18-4-5-18)28-23(20)16-8-11-31-12-9-16/h3,6-7,10,13-16,18,30H,4-5,8-9,11-12H2,1-2H3,(H,25,27). The molecule has 0 radical (unpaired) electrons. The topological polar surface area (TPSA) is 94.3 Å². The molecule has 0 unspecified atom stereocenters. The summed E-state index contributed by atoms with van der Waals surface area (Å²) in [5.74, 6) is 2.53. The third-order valence-electron chi connectivity index (χ3n) is 5.88. The van der Waals surface area contributed by atoms with Crippen LogP contribution < -0.4 is 10.1 Å². The Morgan fingerprint density at radius 3 is 2.62 bits per heavy atom. The Morgan fingerprint density at radius 2 is 1.94 bits per heavy atom. The normalized spacial score (nSPS) is 17.3. The predicted molar refractivity (Wildman–Crippen MR) is 120 cm³/mol. The minimum Gasteiger partial charge on any atom is -0.454 e. The molecule has 0 bridgehead atoms. The van der Waals surface area contributed by atoms with E-state index in [2.05, 4.69) is 20.0 Å². The minimum absolute atomic E-state index is 0.360. The monoisotopic (exact) mass is 435 g/mol. The van der Waals surface area contributed by atoms with E-state index in [0.29, 0.717) is 29.2 Å². The summed E-state index contributed by atoms with van der Waals surface area (Å²) in [5.41, 5.74) is 1.45. The second kappa shape index (κ2) is 8.52. The lowest BCUT2D eigenvalue weighted by molar-refractivity contribution is 0.0739. The van der Waals surface area contributed by atoms with Crippen molar-refractivity contribution >= 4 is 11.5 Å². The van der Waals surface area contributed by atoms with Crippen molar-refractivity contribution in [2.75, 3.05) is 18.5 Å². The zero-order valence-corrected chi connectivity index (χ0v) is 18.5. The lowest BCUT2D eigenvalue weighted by atomic mass is 9.96. The van der Waals surface area contributed by atoms with Gasteiger partial charge in [0.2, 0.25) is 0 Å². The quantitative estimate of drug-likeness (QED) is 0.557. The van der Waals surface area contributed by atoms with Crippen molar-refractivity contribution in [2.45, 2.75) is 57.1 Å². The molecule has 3 aromatic heterocycles. The number of aromatic nitrogens is 4. The molecule has 2 aliphatic rings. The van der Waals surface area contributed by atoms with Crippen LogP contribution in [0.4, 0.5) is 11.5 Å². The van der Waals surface area contributed by atoms with E-state index in [4.69, 9.17) is 14.6 Å². The van der Waals surface area contributed by atoms with Gasteiger partial charge in [0.25, 0.3) is 0 Å². The number of nitrogens with zero attached hydrogens (tertiary/aromatic N) is 4. The van der Waals surface area contributed by atoms with Crippen LogP contribution in [-0.4, -0.2) is 38.1 Å². The van der Waals surface area contributed by atoms with E-state index in [0.717, 1.165) is 43.2 Å². The molecule has 0 spiro atoms. The van der Waals surface area contributed by atoms with Gasteiger partial charge in [0.1, 0.15) is 22.9 Å². The van der Waals surface area contributed by atoms with Crippen molar-refractivity contribution in [3.8, 4) is 11.5 Å². The molecule has 32 heavy (non-hydrogen) atoms. The summed E-state index contributed by atoms with van der Waals surface area (Å²) in [6, 6.07) is 7.89. The Morgan fingerprint density at radius 1 is 1.12 bits per heavy atom. The van der Waals surface area contributed by atoms with Gasteiger partial charge in [-0.15, -0.1) is 0 Å². The fourth-order valence-electron chi connectivity index (χ4n) is 3.90. The first kappa shape index (κ1) is 20.9. The van der Waals surface area contributed by atoms with Gasteiger partial charge in [-0.3, -0.25) is 9.67 Å². The largest absolute Gasteiger partial charge is 0.454 e. The average Bonchev–Trinajstić information content (AvgIpc) is 3.55. The van der Waals surface area contributed by atoms with Crippen LogP contribution in [0.3, 0.4) is 0 Å². The van der Waals surface area contributed by atoms with Gasteiger partial charge in [-0.25, -0.2) is 4.98 Å². The fourth-order valence-corrected chi connectivity index (χ4v) is 3.90. The van der Waals surface area contributed by atoms with Crippen LogP contribution in [0.25, 0.3) is 0 Å². The minimum atomic E-state index is -0.975. The van der Waals surface area contributed by atoms with Crippen LogP contribution >= 0.6 is 0 Å². The molecule has 168 valence electrons. The number of ether oxygens (including phenoxy) is 2. The lowest BCUT2D eigenvalue weighted by Gasteiger charge is -2.21. The smallest absolute Gasteiger partial charge is 0.168 e. The van der Waals surface area contributed by atoms with Crippen LogP contribution in [0.2, 0.25) is 0 Å². The molecule has 1 saturated carbocycles. The highest BCUT2D eigenvalue weighted by molar-refractivity contribution is 5.56. The molecular weight excluding hydrogens is 406 g/mol. The third-order valence-corrected chi connectivity index (χ3v) is 5.88. The van der Waals surface area contributed by atoms with Gasteiger partial charge in [0.05, 0.1) is 29.8 Å². The number of hydrogen-bond acceptors (Lipinski definition) is 7. The molecule has 0 atom stereocenters. The van der Waals surface area contributed by atoms with E-state index in [9.17, 15) is 5.11 Å². The summed E-state index contributed by atoms with van der Waals surface area (Å²) >= 11 is 0. The molecule has 8 nitrogen and oxygen atoms in total. The van der Waals surface area contributed by atoms with Crippen LogP contribution in [0, 0.1) is 0 Å². The first-order valence-electron chi connectivity index (χ1n) is 11.2. The number of hydrogen-bond donors (Lipinski definition) is 2. The number of rotatable bonds is 7. The fraction of sp³-hybridized carbons (Fsp3) is 0.458. The maximum absolute atomic E-state index is 10.1. The molecule has 8 heteroatoms. The van der Waals surface area contributed by atoms with E-state index in [1.807, 2.05) is 24.4 Å². The summed E-state index contributed by atoms with van der Waals surface area (Å²) in [5, 5.41) is 18.2. The summed E-state index contributed by atoms with van der Waals surface area (Å²) in [6.07, 6.45) is 9.73. The lowest BCUT2D eigenvalue weighted by Crippen LogP contribution is -2.17. The molecular formula is C24H29N5O3. The summed E-state index contributed by atoms with van der Waals surface area (Å²) in [7, 11) is 0. The van der Waals surface area contributed by atoms with E-state index in [1.165, 1.54) is 12.8 Å². The number of anilines is 2. The molecule has 1 aliphatic heterocycles. The molecule has 1 saturated heterocycles. The molecule has 4 heterocycles. The molecule has 5 rings (SSSR count). The average molecular weight is 436 g/mol. The molecule has 0 amide bonds. The Hall–Kier alpha value is -2.97. The summed E-state index contributed by atoms with van der Waals surface area (Å²) in [4.78, 5) is 8.73. The highest BCUT2D eigenvalue weighted by Crippen LogP contribution is 2.40. The Bertz CT molecular complexity index is 1060. The predicted octanol–water partition coefficient (Wildman–Crippen LogP) is 4.67. The van der Waals surface area contributed by atoms with Crippen LogP contribution in [0.5, 0.6) is 11.5 Å².